The van der Waals surface area contributed by atoms with Crippen LogP contribution in [0.3, 0.4) is 0 Å². The minimum Gasteiger partial charge on any atom is -0.497 e. The number of methoxy groups -OCH3 is 1. The van der Waals surface area contributed by atoms with Crippen molar-refractivity contribution < 1.29 is 19.1 Å². The van der Waals surface area contributed by atoms with Crippen molar-refractivity contribution in [2.45, 2.75) is 38.4 Å². The minimum absolute atomic E-state index is 0.0372. The highest BCUT2D eigenvalue weighted by Crippen LogP contribution is 2.32. The predicted octanol–water partition coefficient (Wildman–Crippen LogP) is 4.88. The SMILES string of the molecule is COc1ccc(N2CCN(C(=O)Oc3cccc(C)c3)C[C@@H]2C(=O)N(Cc2ccccc2)C2CC2)cc1. The molecule has 37 heavy (non-hydrogen) atoms. The Morgan fingerprint density at radius 3 is 2.35 bits per heavy atom. The van der Waals surface area contributed by atoms with Crippen LogP contribution in [0, 0.1) is 6.92 Å². The first-order valence-corrected chi connectivity index (χ1v) is 12.8. The summed E-state index contributed by atoms with van der Waals surface area (Å²) in [6, 6.07) is 25.0. The molecule has 5 rings (SSSR count). The molecule has 0 bridgehead atoms. The zero-order valence-electron chi connectivity index (χ0n) is 21.4. The monoisotopic (exact) mass is 499 g/mol. The lowest BCUT2D eigenvalue weighted by atomic mass is 10.1. The molecule has 0 N–H and O–H groups in total. The fraction of sp³-hybridized carbons (Fsp3) is 0.333. The molecule has 192 valence electrons. The Morgan fingerprint density at radius 1 is 0.919 bits per heavy atom. The smallest absolute Gasteiger partial charge is 0.415 e. The minimum atomic E-state index is -0.517. The zero-order valence-corrected chi connectivity index (χ0v) is 21.4. The summed E-state index contributed by atoms with van der Waals surface area (Å²) in [7, 11) is 1.64. The molecule has 3 aromatic carbocycles. The molecule has 0 radical (unpaired) electrons. The van der Waals surface area contributed by atoms with Crippen molar-refractivity contribution in [3.8, 4) is 11.5 Å². The van der Waals surface area contributed by atoms with Crippen LogP contribution in [0.5, 0.6) is 11.5 Å². The van der Waals surface area contributed by atoms with Crippen LogP contribution in [0.25, 0.3) is 0 Å². The van der Waals surface area contributed by atoms with E-state index < -0.39 is 12.1 Å². The van der Waals surface area contributed by atoms with Gasteiger partial charge in [-0.2, -0.15) is 0 Å². The molecule has 3 aromatic rings. The Labute approximate surface area is 218 Å². The van der Waals surface area contributed by atoms with Gasteiger partial charge in [-0.15, -0.1) is 0 Å². The van der Waals surface area contributed by atoms with Crippen molar-refractivity contribution in [2.24, 2.45) is 0 Å². The highest BCUT2D eigenvalue weighted by molar-refractivity contribution is 5.87. The van der Waals surface area contributed by atoms with Gasteiger partial charge in [-0.3, -0.25) is 4.79 Å². The van der Waals surface area contributed by atoms with Crippen LogP contribution in [-0.2, 0) is 11.3 Å². The van der Waals surface area contributed by atoms with Crippen molar-refractivity contribution in [2.75, 3.05) is 31.6 Å². The summed E-state index contributed by atoms with van der Waals surface area (Å²) >= 11 is 0. The number of aryl methyl sites for hydroxylation is 1. The van der Waals surface area contributed by atoms with E-state index in [1.165, 1.54) is 0 Å². The quantitative estimate of drug-likeness (QED) is 0.464. The van der Waals surface area contributed by atoms with Crippen LogP contribution >= 0.6 is 0 Å². The fourth-order valence-electron chi connectivity index (χ4n) is 4.83. The third-order valence-corrected chi connectivity index (χ3v) is 6.99. The molecule has 1 aliphatic heterocycles. The van der Waals surface area contributed by atoms with Gasteiger partial charge in [0.25, 0.3) is 0 Å². The summed E-state index contributed by atoms with van der Waals surface area (Å²) < 4.78 is 11.0. The molecule has 0 spiro atoms. The van der Waals surface area contributed by atoms with Crippen LogP contribution in [-0.4, -0.2) is 60.6 Å². The first-order valence-electron chi connectivity index (χ1n) is 12.8. The summed E-state index contributed by atoms with van der Waals surface area (Å²) in [5.74, 6) is 1.31. The topological polar surface area (TPSA) is 62.3 Å². The van der Waals surface area contributed by atoms with Crippen LogP contribution < -0.4 is 14.4 Å². The number of rotatable bonds is 7. The predicted molar refractivity (Wildman–Crippen MR) is 143 cm³/mol. The number of amides is 2. The second-order valence-electron chi connectivity index (χ2n) is 9.72. The van der Waals surface area contributed by atoms with Crippen LogP contribution in [0.2, 0.25) is 0 Å². The van der Waals surface area contributed by atoms with Crippen LogP contribution in [0.1, 0.15) is 24.0 Å². The maximum absolute atomic E-state index is 14.1. The fourth-order valence-corrected chi connectivity index (χ4v) is 4.83. The molecule has 7 heteroatoms. The van der Waals surface area contributed by atoms with Crippen LogP contribution in [0.15, 0.2) is 78.9 Å². The molecule has 0 aromatic heterocycles. The summed E-state index contributed by atoms with van der Waals surface area (Å²) in [5, 5.41) is 0. The van der Waals surface area contributed by atoms with Gasteiger partial charge in [0, 0.05) is 31.4 Å². The van der Waals surface area contributed by atoms with Crippen molar-refractivity contribution >= 4 is 17.7 Å². The number of carbonyl (C=O) groups is 2. The highest BCUT2D eigenvalue weighted by Gasteiger charge is 2.41. The van der Waals surface area contributed by atoms with E-state index in [2.05, 4.69) is 17.0 Å². The van der Waals surface area contributed by atoms with Gasteiger partial charge in [-0.05, 0) is 67.3 Å². The van der Waals surface area contributed by atoms with Gasteiger partial charge in [0.15, 0.2) is 0 Å². The Bertz CT molecular complexity index is 1230. The van der Waals surface area contributed by atoms with E-state index in [-0.39, 0.29) is 18.5 Å². The number of nitrogens with zero attached hydrogens (tertiary/aromatic N) is 3. The van der Waals surface area contributed by atoms with Crippen LogP contribution in [0.4, 0.5) is 10.5 Å². The van der Waals surface area contributed by atoms with Crippen molar-refractivity contribution in [3.05, 3.63) is 90.0 Å². The summed E-state index contributed by atoms with van der Waals surface area (Å²) in [4.78, 5) is 33.0. The zero-order chi connectivity index (χ0) is 25.8. The average molecular weight is 500 g/mol. The van der Waals surface area contributed by atoms with Crippen molar-refractivity contribution in [3.63, 3.8) is 0 Å². The average Bonchev–Trinajstić information content (AvgIpc) is 3.77. The lowest BCUT2D eigenvalue weighted by molar-refractivity contribution is -0.134. The number of ether oxygens (including phenoxy) is 2. The molecular formula is C30H33N3O4. The maximum atomic E-state index is 14.1. The largest absolute Gasteiger partial charge is 0.497 e. The Morgan fingerprint density at radius 2 is 1.68 bits per heavy atom. The lowest BCUT2D eigenvalue weighted by Crippen LogP contribution is -2.61. The standard InChI is InChI=1S/C30H33N3O4/c1-22-7-6-10-27(19-22)37-30(35)31-17-18-32(24-13-15-26(36-2)16-14-24)28(21-31)29(34)33(25-11-12-25)20-23-8-4-3-5-9-23/h3-10,13-16,19,25,28H,11-12,17-18,20-21H2,1-2H3/t28-/m1/s1. The number of benzene rings is 3. The van der Waals surface area contributed by atoms with Gasteiger partial charge in [-0.25, -0.2) is 4.79 Å². The lowest BCUT2D eigenvalue weighted by Gasteiger charge is -2.43. The number of hydrogen-bond acceptors (Lipinski definition) is 5. The van der Waals surface area contributed by atoms with Gasteiger partial charge < -0.3 is 24.2 Å². The Hall–Kier alpha value is -4.00. The maximum Gasteiger partial charge on any atom is 0.415 e. The van der Waals surface area contributed by atoms with Gasteiger partial charge in [0.2, 0.25) is 5.91 Å². The summed E-state index contributed by atoms with van der Waals surface area (Å²) in [6.45, 7) is 3.76. The second-order valence-corrected chi connectivity index (χ2v) is 9.72. The van der Waals surface area contributed by atoms with E-state index in [1.807, 2.05) is 72.5 Å². The molecule has 1 saturated carbocycles. The highest BCUT2D eigenvalue weighted by atomic mass is 16.6. The van der Waals surface area contributed by atoms with E-state index in [4.69, 9.17) is 9.47 Å². The molecule has 7 nitrogen and oxygen atoms in total. The van der Waals surface area contributed by atoms with Gasteiger partial charge in [0.05, 0.1) is 13.7 Å². The first kappa shape index (κ1) is 24.7. The molecule has 1 aliphatic carbocycles. The summed E-state index contributed by atoms with van der Waals surface area (Å²) in [5.41, 5.74) is 3.05. The molecule has 2 amide bonds. The van der Waals surface area contributed by atoms with Gasteiger partial charge in [0.1, 0.15) is 17.5 Å². The van der Waals surface area contributed by atoms with Gasteiger partial charge in [-0.1, -0.05) is 42.5 Å². The molecule has 1 saturated heterocycles. The second kappa shape index (κ2) is 10.9. The third kappa shape index (κ3) is 5.88. The van der Waals surface area contributed by atoms with E-state index in [9.17, 15) is 9.59 Å². The van der Waals surface area contributed by atoms with E-state index in [0.717, 1.165) is 35.4 Å². The molecule has 2 fully saturated rings. The molecule has 2 aliphatic rings. The molecular weight excluding hydrogens is 466 g/mol. The van der Waals surface area contributed by atoms with Crippen molar-refractivity contribution in [1.82, 2.24) is 9.80 Å². The van der Waals surface area contributed by atoms with Gasteiger partial charge >= 0.3 is 6.09 Å². The summed E-state index contributed by atoms with van der Waals surface area (Å²) in [6.07, 6.45) is 1.58. The number of carbonyl (C=O) groups excluding carboxylic acids is 2. The van der Waals surface area contributed by atoms with E-state index in [0.29, 0.717) is 25.4 Å². The Kier molecular flexibility index (Phi) is 7.30. The van der Waals surface area contributed by atoms with E-state index >= 15 is 0 Å². The third-order valence-electron chi connectivity index (χ3n) is 6.99. The normalized spacial score (nSPS) is 17.3. The molecule has 0 unspecified atom stereocenters. The van der Waals surface area contributed by atoms with E-state index in [1.54, 1.807) is 18.1 Å². The molecule has 1 atom stereocenters. The Balaban J connectivity index is 1.39. The first-order chi connectivity index (χ1) is 18.0. The number of hydrogen-bond donors (Lipinski definition) is 0. The van der Waals surface area contributed by atoms with Crippen molar-refractivity contribution in [1.29, 1.82) is 0 Å². The number of anilines is 1. The molecule has 1 heterocycles. The number of piperazine rings is 1.